The van der Waals surface area contributed by atoms with Crippen molar-refractivity contribution < 1.29 is 33.6 Å². The van der Waals surface area contributed by atoms with Gasteiger partial charge in [0.15, 0.2) is 0 Å². The maximum atomic E-state index is 12.7. The minimum absolute atomic E-state index is 0.00725. The lowest BCUT2D eigenvalue weighted by Crippen LogP contribution is -2.36. The number of imide groups is 2. The molecule has 4 atom stereocenters. The van der Waals surface area contributed by atoms with Crippen LogP contribution in [0.15, 0.2) is 12.2 Å². The van der Waals surface area contributed by atoms with E-state index in [0.717, 1.165) is 6.42 Å². The number of allylic oxidation sites excluding steroid dienone is 2. The fourth-order valence-electron chi connectivity index (χ4n) is 5.50. The van der Waals surface area contributed by atoms with Crippen molar-refractivity contribution in [3.63, 3.8) is 0 Å². The summed E-state index contributed by atoms with van der Waals surface area (Å²) in [7, 11) is 0. The molecule has 4 aliphatic rings. The molecule has 4 rings (SSSR count). The van der Waals surface area contributed by atoms with E-state index in [0.29, 0.717) is 30.9 Å². The number of unbranched alkanes of at least 4 members (excludes halogenated alkanes) is 2. The molecule has 0 spiro atoms. The van der Waals surface area contributed by atoms with Crippen molar-refractivity contribution in [3.8, 4) is 12.3 Å². The molecule has 0 radical (unpaired) electrons. The molecular weight excluding hydrogens is 454 g/mol. The molecular formula is C25H29N3O7. The van der Waals surface area contributed by atoms with E-state index in [9.17, 15) is 28.8 Å². The molecule has 3 fully saturated rings. The molecule has 2 saturated heterocycles. The molecule has 2 aliphatic heterocycles. The van der Waals surface area contributed by atoms with Gasteiger partial charge in [-0.1, -0.05) is 24.5 Å². The third-order valence-corrected chi connectivity index (χ3v) is 7.25. The Kier molecular flexibility index (Phi) is 7.34. The maximum Gasteiger partial charge on any atom is 0.334 e. The van der Waals surface area contributed by atoms with Crippen molar-refractivity contribution in [2.75, 3.05) is 19.6 Å². The highest BCUT2D eigenvalue weighted by Gasteiger charge is 2.58. The Morgan fingerprint density at radius 3 is 2.20 bits per heavy atom. The third-order valence-electron chi connectivity index (χ3n) is 7.25. The Morgan fingerprint density at radius 2 is 1.60 bits per heavy atom. The van der Waals surface area contributed by atoms with Gasteiger partial charge in [0.05, 0.1) is 24.8 Å². The maximum absolute atomic E-state index is 12.7. The van der Waals surface area contributed by atoms with E-state index >= 15 is 0 Å². The minimum Gasteiger partial charge on any atom is -0.331 e. The second-order valence-corrected chi connectivity index (χ2v) is 9.45. The van der Waals surface area contributed by atoms with Gasteiger partial charge in [0.2, 0.25) is 17.7 Å². The first-order valence-electron chi connectivity index (χ1n) is 12.1. The molecule has 2 aliphatic carbocycles. The first-order chi connectivity index (χ1) is 16.8. The number of hydrogen-bond donors (Lipinski definition) is 0. The molecule has 1 saturated carbocycles. The third kappa shape index (κ3) is 4.99. The van der Waals surface area contributed by atoms with E-state index in [1.165, 1.54) is 9.80 Å². The zero-order valence-corrected chi connectivity index (χ0v) is 19.5. The summed E-state index contributed by atoms with van der Waals surface area (Å²) in [6, 6.07) is 0. The lowest BCUT2D eigenvalue weighted by molar-refractivity contribution is -0.197. The molecule has 10 nitrogen and oxygen atoms in total. The number of carbonyl (C=O) groups is 6. The zero-order chi connectivity index (χ0) is 25.1. The van der Waals surface area contributed by atoms with E-state index in [1.807, 2.05) is 0 Å². The van der Waals surface area contributed by atoms with Crippen molar-refractivity contribution >= 4 is 35.5 Å². The highest BCUT2D eigenvalue weighted by Crippen LogP contribution is 2.52. The van der Waals surface area contributed by atoms with Gasteiger partial charge in [0.25, 0.3) is 11.8 Å². The number of nitrogens with zero attached hydrogens (tertiary/aromatic N) is 3. The second kappa shape index (κ2) is 10.4. The summed E-state index contributed by atoms with van der Waals surface area (Å²) in [4.78, 5) is 80.6. The second-order valence-electron chi connectivity index (χ2n) is 9.45. The fraction of sp³-hybridized carbons (Fsp3) is 0.600. The summed E-state index contributed by atoms with van der Waals surface area (Å²) < 4.78 is 0. The number of likely N-dealkylation sites (tertiary alicyclic amines) is 1. The summed E-state index contributed by atoms with van der Waals surface area (Å²) in [5, 5.41) is 0.472. The molecule has 0 unspecified atom stereocenters. The van der Waals surface area contributed by atoms with Crippen LogP contribution in [0.2, 0.25) is 0 Å². The van der Waals surface area contributed by atoms with Gasteiger partial charge >= 0.3 is 5.97 Å². The Morgan fingerprint density at radius 1 is 0.971 bits per heavy atom. The quantitative estimate of drug-likeness (QED) is 0.185. The molecule has 2 heterocycles. The van der Waals surface area contributed by atoms with Crippen LogP contribution in [-0.4, -0.2) is 70.0 Å². The molecule has 35 heavy (non-hydrogen) atoms. The van der Waals surface area contributed by atoms with Gasteiger partial charge in [-0.05, 0) is 31.1 Å². The van der Waals surface area contributed by atoms with Gasteiger partial charge in [-0.3, -0.25) is 28.9 Å². The van der Waals surface area contributed by atoms with Crippen LogP contribution in [0.25, 0.3) is 0 Å². The minimum atomic E-state index is -0.795. The predicted molar refractivity (Wildman–Crippen MR) is 120 cm³/mol. The van der Waals surface area contributed by atoms with Gasteiger partial charge in [-0.2, -0.15) is 0 Å². The topological polar surface area (TPSA) is 121 Å². The van der Waals surface area contributed by atoms with Crippen LogP contribution in [0.1, 0.15) is 51.4 Å². The smallest absolute Gasteiger partial charge is 0.331 e. The van der Waals surface area contributed by atoms with Crippen LogP contribution in [0, 0.1) is 36.0 Å². The Bertz CT molecular complexity index is 967. The molecule has 2 bridgehead atoms. The van der Waals surface area contributed by atoms with Gasteiger partial charge in [-0.15, -0.1) is 11.5 Å². The average Bonchev–Trinajstić information content (AvgIpc) is 3.58. The van der Waals surface area contributed by atoms with E-state index < -0.39 is 17.8 Å². The first kappa shape index (κ1) is 24.6. The highest BCUT2D eigenvalue weighted by molar-refractivity contribution is 6.06. The zero-order valence-electron chi connectivity index (χ0n) is 19.5. The lowest BCUT2D eigenvalue weighted by Gasteiger charge is -2.21. The number of fused-ring (bicyclic) bond motifs is 5. The number of rotatable bonds is 11. The van der Waals surface area contributed by atoms with Crippen LogP contribution in [0.4, 0.5) is 0 Å². The summed E-state index contributed by atoms with van der Waals surface area (Å²) >= 11 is 0. The van der Waals surface area contributed by atoms with Crippen LogP contribution in [-0.2, 0) is 33.6 Å². The van der Waals surface area contributed by atoms with Gasteiger partial charge < -0.3 is 9.74 Å². The highest BCUT2D eigenvalue weighted by atomic mass is 16.7. The SMILES string of the molecule is C#CCN(CCC(=O)ON1C(=O)CCC1=O)C(=O)CCCCCN1C(=O)[C@@H]2[C@H](C1=O)[C@H]1C=C[C@@H]2C1. The monoisotopic (exact) mass is 483 g/mol. The Hall–Kier alpha value is -3.48. The number of hydroxylamine groups is 2. The molecule has 0 aromatic heterocycles. The largest absolute Gasteiger partial charge is 0.334 e. The van der Waals surface area contributed by atoms with Gasteiger partial charge in [0, 0.05) is 32.4 Å². The molecule has 10 heteroatoms. The van der Waals surface area contributed by atoms with Crippen LogP contribution >= 0.6 is 0 Å². The molecule has 0 N–H and O–H groups in total. The van der Waals surface area contributed by atoms with Crippen LogP contribution in [0.3, 0.4) is 0 Å². The number of hydrogen-bond acceptors (Lipinski definition) is 7. The Balaban J connectivity index is 1.15. The van der Waals surface area contributed by atoms with Crippen molar-refractivity contribution in [1.82, 2.24) is 14.9 Å². The number of carbonyl (C=O) groups excluding carboxylic acids is 6. The molecule has 5 amide bonds. The van der Waals surface area contributed by atoms with Crippen LogP contribution in [0.5, 0.6) is 0 Å². The molecule has 0 aromatic carbocycles. The van der Waals surface area contributed by atoms with E-state index in [4.69, 9.17) is 11.3 Å². The van der Waals surface area contributed by atoms with E-state index in [2.05, 4.69) is 18.1 Å². The predicted octanol–water partition coefficient (Wildman–Crippen LogP) is 0.813. The van der Waals surface area contributed by atoms with Gasteiger partial charge in [0.1, 0.15) is 0 Å². The van der Waals surface area contributed by atoms with E-state index in [1.54, 1.807) is 0 Å². The van der Waals surface area contributed by atoms with E-state index in [-0.39, 0.29) is 80.2 Å². The number of terminal acetylenes is 1. The molecule has 0 aromatic rings. The summed E-state index contributed by atoms with van der Waals surface area (Å²) in [5.74, 6) is 0.127. The lowest BCUT2D eigenvalue weighted by atomic mass is 9.85. The summed E-state index contributed by atoms with van der Waals surface area (Å²) in [5.41, 5.74) is 0. The first-order valence-corrected chi connectivity index (χ1v) is 12.1. The van der Waals surface area contributed by atoms with Crippen molar-refractivity contribution in [2.45, 2.75) is 51.4 Å². The van der Waals surface area contributed by atoms with Gasteiger partial charge in [-0.25, -0.2) is 4.79 Å². The summed E-state index contributed by atoms with van der Waals surface area (Å²) in [6.07, 6.45) is 12.2. The summed E-state index contributed by atoms with van der Waals surface area (Å²) in [6.45, 7) is 0.393. The standard InChI is InChI=1S/C25H29N3O7/c1-2-12-26(14-11-21(32)35-28-19(30)9-10-20(28)31)18(29)6-4-3-5-13-27-24(33)22-16-7-8-17(15-16)23(22)25(27)34/h1,7-8,16-17,22-23H,3-6,9-15H2/t16-,17+,22+,23-. The average molecular weight is 484 g/mol. The number of amides is 5. The van der Waals surface area contributed by atoms with Crippen molar-refractivity contribution in [2.24, 2.45) is 23.7 Å². The van der Waals surface area contributed by atoms with Crippen molar-refractivity contribution in [1.29, 1.82) is 0 Å². The van der Waals surface area contributed by atoms with Crippen LogP contribution < -0.4 is 0 Å². The molecule has 186 valence electrons. The fourth-order valence-corrected chi connectivity index (χ4v) is 5.50. The van der Waals surface area contributed by atoms with Crippen molar-refractivity contribution in [3.05, 3.63) is 12.2 Å². The normalized spacial score (nSPS) is 26.5. The Labute approximate surface area is 203 Å².